The van der Waals surface area contributed by atoms with Crippen LogP contribution in [0.5, 0.6) is 0 Å². The lowest BCUT2D eigenvalue weighted by atomic mass is 9.57. The molecule has 0 saturated carbocycles. The number of nitrogens with one attached hydrogen (secondary N) is 1. The molecule has 196 valence electrons. The quantitative estimate of drug-likeness (QED) is 0.220. The van der Waals surface area contributed by atoms with Gasteiger partial charge in [-0.25, -0.2) is 5.06 Å². The lowest BCUT2D eigenvalue weighted by Gasteiger charge is -2.48. The van der Waals surface area contributed by atoms with Crippen molar-refractivity contribution in [3.63, 3.8) is 0 Å². The van der Waals surface area contributed by atoms with E-state index in [1.165, 1.54) is 0 Å². The number of amides is 3. The van der Waals surface area contributed by atoms with Crippen LogP contribution in [-0.2, 0) is 25.5 Å². The number of rotatable bonds is 13. The van der Waals surface area contributed by atoms with Crippen LogP contribution in [0.1, 0.15) is 46.1 Å². The van der Waals surface area contributed by atoms with Gasteiger partial charge in [-0.05, 0) is 37.2 Å². The maximum Gasteiger partial charge on any atom is 0.233 e. The molecular formula is C26H42N4O5. The second kappa shape index (κ2) is 13.0. The summed E-state index contributed by atoms with van der Waals surface area (Å²) in [7, 11) is 0. The van der Waals surface area contributed by atoms with Gasteiger partial charge in [0.1, 0.15) is 0 Å². The Morgan fingerprint density at radius 3 is 2.40 bits per heavy atom. The standard InChI is InChI=1S/C26H42N4O5/c1-20(30(34)19-31)26(24(27)33,12-8-11-21-9-6-5-7-10-21)22(25(2,3)4)23(32)28-13-14-29-15-17-35-18-16-29/h5-7,9-10,19-20,22,34H,8,11-18H2,1-4H3,(H2,27,33)(H,28,32)/t20-,22-,26?/m0/s1. The van der Waals surface area contributed by atoms with Crippen molar-refractivity contribution in [2.75, 3.05) is 39.4 Å². The van der Waals surface area contributed by atoms with Gasteiger partial charge in [0.2, 0.25) is 18.2 Å². The fourth-order valence-electron chi connectivity index (χ4n) is 5.29. The van der Waals surface area contributed by atoms with Gasteiger partial charge in [0, 0.05) is 26.2 Å². The molecule has 1 unspecified atom stereocenters. The Balaban J connectivity index is 2.32. The molecule has 35 heavy (non-hydrogen) atoms. The number of nitrogens with two attached hydrogens (primary N) is 1. The summed E-state index contributed by atoms with van der Waals surface area (Å²) in [5.41, 5.74) is 4.97. The lowest BCUT2D eigenvalue weighted by Crippen LogP contribution is -2.62. The van der Waals surface area contributed by atoms with Crippen molar-refractivity contribution in [3.05, 3.63) is 35.9 Å². The van der Waals surface area contributed by atoms with Crippen molar-refractivity contribution in [2.24, 2.45) is 22.5 Å². The van der Waals surface area contributed by atoms with Gasteiger partial charge in [0.25, 0.3) is 0 Å². The third-order valence-corrected chi connectivity index (χ3v) is 7.08. The van der Waals surface area contributed by atoms with Gasteiger partial charge in [-0.3, -0.25) is 24.5 Å². The van der Waals surface area contributed by atoms with E-state index in [1.54, 1.807) is 6.92 Å². The first kappa shape index (κ1) is 28.7. The summed E-state index contributed by atoms with van der Waals surface area (Å²) < 4.78 is 5.37. The van der Waals surface area contributed by atoms with E-state index in [9.17, 15) is 19.6 Å². The second-order valence-electron chi connectivity index (χ2n) is 10.4. The predicted octanol–water partition coefficient (Wildman–Crippen LogP) is 1.83. The summed E-state index contributed by atoms with van der Waals surface area (Å²) in [6, 6.07) is 8.83. The molecule has 0 aliphatic carbocycles. The van der Waals surface area contributed by atoms with E-state index >= 15 is 0 Å². The van der Waals surface area contributed by atoms with E-state index in [1.807, 2.05) is 51.1 Å². The Morgan fingerprint density at radius 2 is 1.86 bits per heavy atom. The van der Waals surface area contributed by atoms with Crippen LogP contribution in [0.3, 0.4) is 0 Å². The normalized spacial score (nSPS) is 18.2. The molecule has 3 amide bonds. The highest BCUT2D eigenvalue weighted by molar-refractivity contribution is 5.91. The van der Waals surface area contributed by atoms with Crippen molar-refractivity contribution in [1.82, 2.24) is 15.3 Å². The fourth-order valence-corrected chi connectivity index (χ4v) is 5.29. The number of hydroxylamine groups is 2. The van der Waals surface area contributed by atoms with Crippen LogP contribution >= 0.6 is 0 Å². The van der Waals surface area contributed by atoms with Crippen molar-refractivity contribution < 1.29 is 24.3 Å². The highest BCUT2D eigenvalue weighted by Gasteiger charge is 2.57. The van der Waals surface area contributed by atoms with E-state index in [-0.39, 0.29) is 18.7 Å². The maximum absolute atomic E-state index is 13.7. The van der Waals surface area contributed by atoms with E-state index in [0.29, 0.717) is 44.2 Å². The SMILES string of the molecule is C[C@H](N(O)C=O)C(CCCc1ccccc1)(C(N)=O)[C@@H](C(=O)NCCN1CCOCC1)C(C)(C)C. The first-order valence-electron chi connectivity index (χ1n) is 12.4. The van der Waals surface area contributed by atoms with Gasteiger partial charge in [-0.15, -0.1) is 0 Å². The number of aryl methyl sites for hydroxylation is 1. The minimum absolute atomic E-state index is 0.238. The van der Waals surface area contributed by atoms with Crippen LogP contribution in [0.25, 0.3) is 0 Å². The fraction of sp³-hybridized carbons (Fsp3) is 0.654. The number of primary amides is 1. The Hall–Kier alpha value is -2.49. The Bertz CT molecular complexity index is 823. The minimum atomic E-state index is -1.48. The zero-order chi connectivity index (χ0) is 26.1. The first-order valence-corrected chi connectivity index (χ1v) is 12.4. The molecule has 1 aromatic carbocycles. The van der Waals surface area contributed by atoms with Crippen LogP contribution in [0.15, 0.2) is 30.3 Å². The zero-order valence-corrected chi connectivity index (χ0v) is 21.5. The lowest BCUT2D eigenvalue weighted by molar-refractivity contribution is -0.187. The van der Waals surface area contributed by atoms with Crippen LogP contribution in [0.2, 0.25) is 0 Å². The van der Waals surface area contributed by atoms with E-state index in [2.05, 4.69) is 10.2 Å². The summed E-state index contributed by atoms with van der Waals surface area (Å²) in [4.78, 5) is 40.6. The number of morpholine rings is 1. The molecule has 0 spiro atoms. The Kier molecular flexibility index (Phi) is 10.7. The topological polar surface area (TPSA) is 125 Å². The summed E-state index contributed by atoms with van der Waals surface area (Å²) in [6.45, 7) is 11.2. The van der Waals surface area contributed by atoms with Gasteiger partial charge in [-0.2, -0.15) is 0 Å². The third kappa shape index (κ3) is 7.49. The van der Waals surface area contributed by atoms with E-state index in [0.717, 1.165) is 18.7 Å². The third-order valence-electron chi connectivity index (χ3n) is 7.08. The molecule has 2 rings (SSSR count). The van der Waals surface area contributed by atoms with Crippen LogP contribution in [0, 0.1) is 16.7 Å². The average Bonchev–Trinajstić information content (AvgIpc) is 2.82. The van der Waals surface area contributed by atoms with Gasteiger partial charge in [0.15, 0.2) is 0 Å². The Labute approximate surface area is 208 Å². The highest BCUT2D eigenvalue weighted by Crippen LogP contribution is 2.47. The number of hydrogen-bond acceptors (Lipinski definition) is 6. The summed E-state index contributed by atoms with van der Waals surface area (Å²) in [5, 5.41) is 13.8. The van der Waals surface area contributed by atoms with Gasteiger partial charge < -0.3 is 15.8 Å². The number of carbonyl (C=O) groups is 3. The first-order chi connectivity index (χ1) is 16.5. The van der Waals surface area contributed by atoms with Crippen molar-refractivity contribution in [3.8, 4) is 0 Å². The molecule has 1 aromatic rings. The number of hydrogen-bond donors (Lipinski definition) is 3. The molecule has 1 aliphatic rings. The second-order valence-corrected chi connectivity index (χ2v) is 10.4. The molecule has 9 nitrogen and oxygen atoms in total. The van der Waals surface area contributed by atoms with E-state index in [4.69, 9.17) is 10.5 Å². The molecule has 0 bridgehead atoms. The zero-order valence-electron chi connectivity index (χ0n) is 21.5. The summed E-state index contributed by atoms with van der Waals surface area (Å²) in [5.74, 6) is -1.89. The van der Waals surface area contributed by atoms with Gasteiger partial charge >= 0.3 is 0 Å². The van der Waals surface area contributed by atoms with Gasteiger partial charge in [-0.1, -0.05) is 51.1 Å². The van der Waals surface area contributed by atoms with Gasteiger partial charge in [0.05, 0.1) is 30.6 Å². The minimum Gasteiger partial charge on any atom is -0.379 e. The molecular weight excluding hydrogens is 448 g/mol. The molecule has 4 N–H and O–H groups in total. The monoisotopic (exact) mass is 490 g/mol. The number of ether oxygens (including phenoxy) is 1. The van der Waals surface area contributed by atoms with Crippen molar-refractivity contribution in [1.29, 1.82) is 0 Å². The van der Waals surface area contributed by atoms with E-state index < -0.39 is 28.7 Å². The summed E-state index contributed by atoms with van der Waals surface area (Å²) in [6.07, 6.45) is 1.72. The molecule has 1 fully saturated rings. The molecule has 0 aromatic heterocycles. The Morgan fingerprint density at radius 1 is 1.23 bits per heavy atom. The molecule has 1 saturated heterocycles. The molecule has 1 aliphatic heterocycles. The largest absolute Gasteiger partial charge is 0.379 e. The van der Waals surface area contributed by atoms with Crippen LogP contribution in [0.4, 0.5) is 0 Å². The molecule has 0 radical (unpaired) electrons. The summed E-state index contributed by atoms with van der Waals surface area (Å²) >= 11 is 0. The molecule has 9 heteroatoms. The molecule has 3 atom stereocenters. The van der Waals surface area contributed by atoms with Crippen molar-refractivity contribution in [2.45, 2.75) is 53.0 Å². The predicted molar refractivity (Wildman–Crippen MR) is 133 cm³/mol. The highest BCUT2D eigenvalue weighted by atomic mass is 16.5. The number of carbonyl (C=O) groups excluding carboxylic acids is 3. The van der Waals surface area contributed by atoms with Crippen molar-refractivity contribution >= 4 is 18.2 Å². The smallest absolute Gasteiger partial charge is 0.233 e. The number of nitrogens with zero attached hydrogens (tertiary/aromatic N) is 2. The average molecular weight is 491 g/mol. The number of benzene rings is 1. The van der Waals surface area contributed by atoms with Crippen LogP contribution in [-0.4, -0.2) is 78.8 Å². The maximum atomic E-state index is 13.7. The molecule has 1 heterocycles. The van der Waals surface area contributed by atoms with Crippen LogP contribution < -0.4 is 11.1 Å².